The molecule has 1 aromatic heterocycles. The highest BCUT2D eigenvalue weighted by Crippen LogP contribution is 2.28. The van der Waals surface area contributed by atoms with E-state index in [0.717, 1.165) is 28.3 Å². The highest BCUT2D eigenvalue weighted by molar-refractivity contribution is 5.49. The summed E-state index contributed by atoms with van der Waals surface area (Å²) in [4.78, 5) is 4.40. The van der Waals surface area contributed by atoms with E-state index in [0.29, 0.717) is 0 Å². The highest BCUT2D eigenvalue weighted by Gasteiger charge is 2.16. The number of aromatic nitrogens is 1. The van der Waals surface area contributed by atoms with Crippen molar-refractivity contribution in [2.75, 3.05) is 12.4 Å². The van der Waals surface area contributed by atoms with Gasteiger partial charge < -0.3 is 10.1 Å². The largest absolute Gasteiger partial charge is 0.497 e. The lowest BCUT2D eigenvalue weighted by atomic mass is 9.98. The molecule has 2 aromatic carbocycles. The van der Waals surface area contributed by atoms with Crippen LogP contribution in [0.5, 0.6) is 5.75 Å². The van der Waals surface area contributed by atoms with Crippen LogP contribution in [0.2, 0.25) is 0 Å². The van der Waals surface area contributed by atoms with Crippen molar-refractivity contribution in [2.24, 2.45) is 0 Å². The van der Waals surface area contributed by atoms with Crippen molar-refractivity contribution in [3.05, 3.63) is 89.4 Å². The van der Waals surface area contributed by atoms with Crippen LogP contribution in [0.15, 0.2) is 66.9 Å². The highest BCUT2D eigenvalue weighted by atomic mass is 19.1. The molecule has 3 rings (SSSR count). The van der Waals surface area contributed by atoms with Gasteiger partial charge in [0.2, 0.25) is 0 Å². The molecule has 1 unspecified atom stereocenters. The van der Waals surface area contributed by atoms with Crippen LogP contribution in [0.3, 0.4) is 0 Å². The molecule has 0 saturated heterocycles. The number of anilines is 1. The van der Waals surface area contributed by atoms with Gasteiger partial charge in [-0.3, -0.25) is 0 Å². The number of aryl methyl sites for hydroxylation is 1. The van der Waals surface area contributed by atoms with E-state index >= 15 is 0 Å². The number of nitrogens with zero attached hydrogens (tertiary/aromatic N) is 1. The summed E-state index contributed by atoms with van der Waals surface area (Å²) in [6.07, 6.45) is 1.74. The molecule has 0 saturated carbocycles. The maximum atomic E-state index is 13.7. The van der Waals surface area contributed by atoms with Gasteiger partial charge in [0.05, 0.1) is 13.2 Å². The Morgan fingerprint density at radius 1 is 1.00 bits per heavy atom. The Morgan fingerprint density at radius 3 is 2.46 bits per heavy atom. The standard InChI is InChI=1S/C20H19FN2O/c1-14-5-4-12-22-20(14)23-19(16-6-3-7-17(21)13-16)15-8-10-18(24-2)11-9-15/h3-13,19H,1-2H3,(H,22,23). The van der Waals surface area contributed by atoms with E-state index in [1.54, 1.807) is 25.4 Å². The maximum Gasteiger partial charge on any atom is 0.129 e. The van der Waals surface area contributed by atoms with E-state index < -0.39 is 0 Å². The van der Waals surface area contributed by atoms with Crippen molar-refractivity contribution in [3.8, 4) is 5.75 Å². The molecule has 1 atom stereocenters. The first-order chi connectivity index (χ1) is 11.7. The van der Waals surface area contributed by atoms with Gasteiger partial charge in [0, 0.05) is 6.20 Å². The average molecular weight is 322 g/mol. The summed E-state index contributed by atoms with van der Waals surface area (Å²) in [5.41, 5.74) is 2.88. The Bertz CT molecular complexity index is 818. The second kappa shape index (κ2) is 7.13. The molecule has 4 heteroatoms. The number of ether oxygens (including phenoxy) is 1. The van der Waals surface area contributed by atoms with Gasteiger partial charge in [0.1, 0.15) is 17.4 Å². The molecular weight excluding hydrogens is 303 g/mol. The molecule has 0 bridgehead atoms. The fourth-order valence-electron chi connectivity index (χ4n) is 2.62. The van der Waals surface area contributed by atoms with Crippen molar-refractivity contribution in [1.29, 1.82) is 0 Å². The summed E-state index contributed by atoms with van der Waals surface area (Å²) in [7, 11) is 1.63. The van der Waals surface area contributed by atoms with Crippen molar-refractivity contribution in [3.63, 3.8) is 0 Å². The topological polar surface area (TPSA) is 34.1 Å². The number of hydrogen-bond donors (Lipinski definition) is 1. The average Bonchev–Trinajstić information content (AvgIpc) is 2.61. The predicted octanol–water partition coefficient (Wildman–Crippen LogP) is 4.74. The summed E-state index contributed by atoms with van der Waals surface area (Å²) in [5.74, 6) is 1.30. The first-order valence-electron chi connectivity index (χ1n) is 7.75. The first kappa shape index (κ1) is 16.0. The lowest BCUT2D eigenvalue weighted by Gasteiger charge is -2.21. The van der Waals surface area contributed by atoms with Gasteiger partial charge >= 0.3 is 0 Å². The molecule has 24 heavy (non-hydrogen) atoms. The van der Waals surface area contributed by atoms with Gasteiger partial charge in [-0.05, 0) is 53.9 Å². The fourth-order valence-corrected chi connectivity index (χ4v) is 2.62. The molecule has 0 amide bonds. The van der Waals surface area contributed by atoms with Crippen LogP contribution < -0.4 is 10.1 Å². The quantitative estimate of drug-likeness (QED) is 0.737. The Kier molecular flexibility index (Phi) is 4.75. The first-order valence-corrected chi connectivity index (χ1v) is 7.75. The zero-order valence-electron chi connectivity index (χ0n) is 13.7. The molecule has 0 radical (unpaired) electrons. The zero-order chi connectivity index (χ0) is 16.9. The fraction of sp³-hybridized carbons (Fsp3) is 0.150. The van der Waals surface area contributed by atoms with Crippen molar-refractivity contribution in [1.82, 2.24) is 4.98 Å². The van der Waals surface area contributed by atoms with Gasteiger partial charge in [0.15, 0.2) is 0 Å². The molecule has 3 nitrogen and oxygen atoms in total. The number of methoxy groups -OCH3 is 1. The monoisotopic (exact) mass is 322 g/mol. The van der Waals surface area contributed by atoms with E-state index in [1.807, 2.05) is 49.4 Å². The summed E-state index contributed by atoms with van der Waals surface area (Å²) >= 11 is 0. The van der Waals surface area contributed by atoms with Gasteiger partial charge in [-0.25, -0.2) is 9.37 Å². The van der Waals surface area contributed by atoms with Crippen LogP contribution in [-0.4, -0.2) is 12.1 Å². The van der Waals surface area contributed by atoms with E-state index in [2.05, 4.69) is 10.3 Å². The van der Waals surface area contributed by atoms with Crippen molar-refractivity contribution >= 4 is 5.82 Å². The van der Waals surface area contributed by atoms with Gasteiger partial charge in [-0.2, -0.15) is 0 Å². The molecule has 3 aromatic rings. The SMILES string of the molecule is COc1ccc(C(Nc2ncccc2C)c2cccc(F)c2)cc1. The van der Waals surface area contributed by atoms with Crippen LogP contribution in [0.1, 0.15) is 22.7 Å². The molecule has 0 aliphatic heterocycles. The third-order valence-electron chi connectivity index (χ3n) is 3.92. The van der Waals surface area contributed by atoms with E-state index in [1.165, 1.54) is 6.07 Å². The van der Waals surface area contributed by atoms with Crippen LogP contribution in [-0.2, 0) is 0 Å². The second-order valence-corrected chi connectivity index (χ2v) is 5.57. The number of halogens is 1. The van der Waals surface area contributed by atoms with Crippen molar-refractivity contribution < 1.29 is 9.13 Å². The number of pyridine rings is 1. The zero-order valence-corrected chi connectivity index (χ0v) is 13.7. The maximum absolute atomic E-state index is 13.7. The normalized spacial score (nSPS) is 11.8. The minimum absolute atomic E-state index is 0.208. The molecule has 1 N–H and O–H groups in total. The van der Waals surface area contributed by atoms with E-state index in [9.17, 15) is 4.39 Å². The molecule has 0 aliphatic rings. The number of nitrogens with one attached hydrogen (secondary N) is 1. The minimum atomic E-state index is -0.259. The molecule has 0 aliphatic carbocycles. The predicted molar refractivity (Wildman–Crippen MR) is 93.8 cm³/mol. The Hall–Kier alpha value is -2.88. The summed E-state index contributed by atoms with van der Waals surface area (Å²) in [6.45, 7) is 1.99. The van der Waals surface area contributed by atoms with Crippen LogP contribution in [0.4, 0.5) is 10.2 Å². The Balaban J connectivity index is 2.01. The summed E-state index contributed by atoms with van der Waals surface area (Å²) < 4.78 is 18.9. The third-order valence-corrected chi connectivity index (χ3v) is 3.92. The summed E-state index contributed by atoms with van der Waals surface area (Å²) in [5, 5.41) is 3.43. The Morgan fingerprint density at radius 2 is 1.79 bits per heavy atom. The number of rotatable bonds is 5. The van der Waals surface area contributed by atoms with Crippen molar-refractivity contribution in [2.45, 2.75) is 13.0 Å². The molecular formula is C20H19FN2O. The lowest BCUT2D eigenvalue weighted by molar-refractivity contribution is 0.414. The lowest BCUT2D eigenvalue weighted by Crippen LogP contribution is -2.14. The van der Waals surface area contributed by atoms with Crippen LogP contribution >= 0.6 is 0 Å². The summed E-state index contributed by atoms with van der Waals surface area (Å²) in [6, 6.07) is 18.0. The molecule has 122 valence electrons. The van der Waals surface area contributed by atoms with Gasteiger partial charge in [-0.1, -0.05) is 30.3 Å². The number of hydrogen-bond acceptors (Lipinski definition) is 3. The minimum Gasteiger partial charge on any atom is -0.497 e. The smallest absolute Gasteiger partial charge is 0.129 e. The third kappa shape index (κ3) is 3.54. The molecule has 0 spiro atoms. The van der Waals surface area contributed by atoms with Crippen LogP contribution in [0, 0.1) is 12.7 Å². The second-order valence-electron chi connectivity index (χ2n) is 5.57. The number of benzene rings is 2. The van der Waals surface area contributed by atoms with E-state index in [4.69, 9.17) is 4.74 Å². The van der Waals surface area contributed by atoms with Gasteiger partial charge in [0.25, 0.3) is 0 Å². The molecule has 0 fully saturated rings. The van der Waals surface area contributed by atoms with E-state index in [-0.39, 0.29) is 11.9 Å². The van der Waals surface area contributed by atoms with Gasteiger partial charge in [-0.15, -0.1) is 0 Å². The van der Waals surface area contributed by atoms with Crippen LogP contribution in [0.25, 0.3) is 0 Å². The molecule has 1 heterocycles. The Labute approximate surface area is 141 Å².